The Kier molecular flexibility index (Phi) is 6.18. The van der Waals surface area contributed by atoms with E-state index in [0.717, 1.165) is 22.2 Å². The van der Waals surface area contributed by atoms with Gasteiger partial charge in [-0.25, -0.2) is 9.97 Å². The topological polar surface area (TPSA) is 86.6 Å². The number of imidazole rings is 1. The number of aromatic nitrogens is 3. The second-order valence-electron chi connectivity index (χ2n) is 10.4. The lowest BCUT2D eigenvalue weighted by molar-refractivity contribution is -0.0507. The van der Waals surface area contributed by atoms with E-state index in [-0.39, 0.29) is 17.7 Å². The van der Waals surface area contributed by atoms with Crippen molar-refractivity contribution in [2.45, 2.75) is 25.1 Å². The molecule has 0 radical (unpaired) electrons. The summed E-state index contributed by atoms with van der Waals surface area (Å²) in [4.78, 5) is 24.2. The molecule has 11 heteroatoms. The number of fused-ring (bicyclic) bond motifs is 9. The molecule has 2 aromatic heterocycles. The highest BCUT2D eigenvalue weighted by Crippen LogP contribution is 2.50. The summed E-state index contributed by atoms with van der Waals surface area (Å²) < 4.78 is 51.1. The van der Waals surface area contributed by atoms with Crippen LogP contribution >= 0.6 is 7.14 Å². The monoisotopic (exact) mass is 552 g/mol. The molecule has 0 saturated heterocycles. The number of halogens is 2. The summed E-state index contributed by atoms with van der Waals surface area (Å²) in [6.07, 6.45) is 2.71. The SMILES string of the molecule is CN1C(=O)c2cccc(OC(F)F)c2[C@H]2C[C@@H]1c1nc3ccc(-c4ccc(OCCP(C)(C)=O)nc4)cc3n12. The van der Waals surface area contributed by atoms with Gasteiger partial charge in [0.15, 0.2) is 0 Å². The van der Waals surface area contributed by atoms with Crippen LogP contribution in [0.3, 0.4) is 0 Å². The number of benzene rings is 2. The molecule has 202 valence electrons. The van der Waals surface area contributed by atoms with Gasteiger partial charge in [0, 0.05) is 48.6 Å². The number of carbonyl (C=O) groups is 1. The molecule has 0 aliphatic carbocycles. The van der Waals surface area contributed by atoms with E-state index in [4.69, 9.17) is 14.5 Å². The van der Waals surface area contributed by atoms with Crippen LogP contribution in [0.5, 0.6) is 11.6 Å². The van der Waals surface area contributed by atoms with Crippen LogP contribution in [0.25, 0.3) is 22.2 Å². The normalized spacial score (nSPS) is 18.3. The molecular formula is C28H27F2N4O4P. The minimum atomic E-state index is -3.01. The van der Waals surface area contributed by atoms with E-state index in [1.807, 2.05) is 28.8 Å². The summed E-state index contributed by atoms with van der Waals surface area (Å²) in [6, 6.07) is 13.6. The Balaban J connectivity index is 1.40. The van der Waals surface area contributed by atoms with E-state index in [1.165, 1.54) is 6.07 Å². The molecule has 2 aliphatic rings. The van der Waals surface area contributed by atoms with Gasteiger partial charge in [0.1, 0.15) is 11.6 Å². The molecule has 4 heterocycles. The van der Waals surface area contributed by atoms with Crippen LogP contribution < -0.4 is 9.47 Å². The molecular weight excluding hydrogens is 525 g/mol. The molecule has 2 atom stereocenters. The van der Waals surface area contributed by atoms with Crippen molar-refractivity contribution in [3.8, 4) is 22.8 Å². The van der Waals surface area contributed by atoms with Gasteiger partial charge in [-0.3, -0.25) is 4.79 Å². The highest BCUT2D eigenvalue weighted by molar-refractivity contribution is 7.62. The molecule has 4 aromatic rings. The number of hydrogen-bond acceptors (Lipinski definition) is 6. The second-order valence-corrected chi connectivity index (χ2v) is 13.9. The van der Waals surface area contributed by atoms with Gasteiger partial charge in [-0.1, -0.05) is 12.1 Å². The van der Waals surface area contributed by atoms with Crippen LogP contribution in [0.15, 0.2) is 54.7 Å². The van der Waals surface area contributed by atoms with E-state index < -0.39 is 19.8 Å². The maximum atomic E-state index is 13.3. The average molecular weight is 553 g/mol. The largest absolute Gasteiger partial charge is 0.477 e. The van der Waals surface area contributed by atoms with Crippen molar-refractivity contribution in [3.05, 3.63) is 71.7 Å². The first-order valence-corrected chi connectivity index (χ1v) is 15.4. The van der Waals surface area contributed by atoms with Crippen molar-refractivity contribution >= 4 is 24.1 Å². The molecule has 0 unspecified atom stereocenters. The minimum Gasteiger partial charge on any atom is -0.477 e. The lowest BCUT2D eigenvalue weighted by Gasteiger charge is -2.24. The highest BCUT2D eigenvalue weighted by Gasteiger charge is 2.45. The molecule has 8 nitrogen and oxygen atoms in total. The lowest BCUT2D eigenvalue weighted by atomic mass is 9.97. The first-order chi connectivity index (χ1) is 18.6. The van der Waals surface area contributed by atoms with Gasteiger partial charge in [0.05, 0.1) is 36.9 Å². The van der Waals surface area contributed by atoms with Crippen LogP contribution in [-0.2, 0) is 4.57 Å². The van der Waals surface area contributed by atoms with Gasteiger partial charge < -0.3 is 23.5 Å². The maximum Gasteiger partial charge on any atom is 0.387 e. The zero-order valence-electron chi connectivity index (χ0n) is 21.7. The highest BCUT2D eigenvalue weighted by atomic mass is 31.2. The Bertz CT molecular complexity index is 1630. The van der Waals surface area contributed by atoms with Crippen molar-refractivity contribution in [3.63, 3.8) is 0 Å². The third-order valence-corrected chi connectivity index (χ3v) is 8.62. The Morgan fingerprint density at radius 1 is 1.10 bits per heavy atom. The Hall–Kier alpha value is -3.78. The quantitative estimate of drug-likeness (QED) is 0.269. The third kappa shape index (κ3) is 4.56. The van der Waals surface area contributed by atoms with E-state index in [1.54, 1.807) is 49.7 Å². The van der Waals surface area contributed by atoms with Crippen LogP contribution in [-0.4, -0.2) is 65.1 Å². The Labute approximate surface area is 223 Å². The number of amides is 1. The van der Waals surface area contributed by atoms with E-state index in [9.17, 15) is 18.1 Å². The number of pyridine rings is 1. The summed E-state index contributed by atoms with van der Waals surface area (Å²) in [5.74, 6) is 0.930. The lowest BCUT2D eigenvalue weighted by Crippen LogP contribution is -2.30. The Morgan fingerprint density at radius 3 is 2.62 bits per heavy atom. The van der Waals surface area contributed by atoms with Gasteiger partial charge >= 0.3 is 6.61 Å². The van der Waals surface area contributed by atoms with Crippen LogP contribution in [0, 0.1) is 0 Å². The fourth-order valence-corrected chi connectivity index (χ4v) is 6.00. The fraction of sp³-hybridized carbons (Fsp3) is 0.321. The summed E-state index contributed by atoms with van der Waals surface area (Å²) in [7, 11) is -0.443. The number of nitrogens with zero attached hydrogens (tertiary/aromatic N) is 4. The summed E-state index contributed by atoms with van der Waals surface area (Å²) in [5.41, 5.74) is 4.15. The van der Waals surface area contributed by atoms with Gasteiger partial charge in [-0.2, -0.15) is 8.78 Å². The summed E-state index contributed by atoms with van der Waals surface area (Å²) >= 11 is 0. The smallest absolute Gasteiger partial charge is 0.387 e. The molecule has 0 N–H and O–H groups in total. The predicted molar refractivity (Wildman–Crippen MR) is 143 cm³/mol. The van der Waals surface area contributed by atoms with Gasteiger partial charge in [-0.05, 0) is 49.2 Å². The molecule has 1 amide bonds. The van der Waals surface area contributed by atoms with Crippen LogP contribution in [0.4, 0.5) is 8.78 Å². The summed E-state index contributed by atoms with van der Waals surface area (Å²) in [5, 5.41) is 0. The van der Waals surface area contributed by atoms with Gasteiger partial charge in [0.2, 0.25) is 5.88 Å². The molecule has 6 rings (SSSR count). The van der Waals surface area contributed by atoms with E-state index >= 15 is 0 Å². The van der Waals surface area contributed by atoms with Crippen molar-refractivity contribution < 1.29 is 27.6 Å². The first kappa shape index (κ1) is 25.5. The summed E-state index contributed by atoms with van der Waals surface area (Å²) in [6.45, 7) is 0.783. The average Bonchev–Trinajstić information content (AvgIpc) is 3.41. The third-order valence-electron chi connectivity index (χ3n) is 7.36. The predicted octanol–water partition coefficient (Wildman–Crippen LogP) is 5.82. The second kappa shape index (κ2) is 9.45. The number of carbonyl (C=O) groups excluding carboxylic acids is 1. The molecule has 0 saturated carbocycles. The number of hydrogen-bond donors (Lipinski definition) is 0. The number of rotatable bonds is 7. The van der Waals surface area contributed by atoms with E-state index in [2.05, 4.69) is 4.98 Å². The minimum absolute atomic E-state index is 0.00282. The molecule has 2 aromatic carbocycles. The van der Waals surface area contributed by atoms with Crippen molar-refractivity contribution in [1.29, 1.82) is 0 Å². The van der Waals surface area contributed by atoms with Crippen LogP contribution in [0.1, 0.15) is 40.3 Å². The molecule has 39 heavy (non-hydrogen) atoms. The van der Waals surface area contributed by atoms with Gasteiger partial charge in [-0.15, -0.1) is 0 Å². The van der Waals surface area contributed by atoms with Gasteiger partial charge in [0.25, 0.3) is 5.91 Å². The van der Waals surface area contributed by atoms with Crippen molar-refractivity contribution in [2.24, 2.45) is 0 Å². The molecule has 2 bridgehead atoms. The number of alkyl halides is 2. The van der Waals surface area contributed by atoms with Crippen LogP contribution in [0.2, 0.25) is 0 Å². The van der Waals surface area contributed by atoms with Crippen molar-refractivity contribution in [2.75, 3.05) is 33.1 Å². The Morgan fingerprint density at radius 2 is 1.90 bits per heavy atom. The first-order valence-electron chi connectivity index (χ1n) is 12.6. The molecule has 0 spiro atoms. The van der Waals surface area contributed by atoms with Crippen molar-refractivity contribution in [1.82, 2.24) is 19.4 Å². The maximum absolute atomic E-state index is 13.3. The fourth-order valence-electron chi connectivity index (χ4n) is 5.47. The van der Waals surface area contributed by atoms with E-state index in [0.29, 0.717) is 42.0 Å². The molecule has 0 fully saturated rings. The zero-order valence-corrected chi connectivity index (χ0v) is 22.6. The standard InChI is InChI=1S/C28H27F2N4O4P/c1-33-22-14-21(25-18(27(33)35)5-4-6-23(25)38-28(29)30)34-20-13-16(7-9-19(20)32-26(22)34)17-8-10-24(31-15-17)37-11-12-39(2,3)36/h4-10,13,15,21-22,28H,11-12,14H2,1-3H3/t21-,22-/m1/s1. The zero-order chi connectivity index (χ0) is 27.5. The molecule has 2 aliphatic heterocycles. The number of ether oxygens (including phenoxy) is 2.